The smallest absolute Gasteiger partial charge is 0.264 e. The molecule has 0 unspecified atom stereocenters. The molecule has 2 nitrogen and oxygen atoms in total. The Morgan fingerprint density at radius 3 is 2.72 bits per heavy atom. The Balaban J connectivity index is 1.89. The number of carbonyl (C=O) groups excluding carboxylic acids is 1. The van der Waals surface area contributed by atoms with Crippen LogP contribution in [0.25, 0.3) is 0 Å². The predicted octanol–water partition coefficient (Wildman–Crippen LogP) is 3.34. The zero-order valence-electron chi connectivity index (χ0n) is 10.3. The molecular formula is C15H15NOS. The molecule has 0 spiro atoms. The molecule has 0 fully saturated rings. The summed E-state index contributed by atoms with van der Waals surface area (Å²) in [6.45, 7) is 2.86. The van der Waals surface area contributed by atoms with Crippen molar-refractivity contribution in [1.82, 2.24) is 4.90 Å². The minimum Gasteiger partial charge on any atom is -0.331 e. The van der Waals surface area contributed by atoms with Gasteiger partial charge in [0.1, 0.15) is 0 Å². The number of hydrogen-bond acceptors (Lipinski definition) is 2. The van der Waals surface area contributed by atoms with Gasteiger partial charge in [0.05, 0.1) is 4.88 Å². The molecule has 0 radical (unpaired) electrons. The molecule has 1 aromatic heterocycles. The largest absolute Gasteiger partial charge is 0.331 e. The predicted molar refractivity (Wildman–Crippen MR) is 73.8 cm³/mol. The van der Waals surface area contributed by atoms with Crippen LogP contribution in [0.2, 0.25) is 0 Å². The van der Waals surface area contributed by atoms with E-state index in [0.29, 0.717) is 0 Å². The van der Waals surface area contributed by atoms with Gasteiger partial charge in [-0.05, 0) is 35.9 Å². The highest BCUT2D eigenvalue weighted by molar-refractivity contribution is 7.12. The number of carbonyl (C=O) groups is 1. The molecule has 92 valence electrons. The van der Waals surface area contributed by atoms with Crippen LogP contribution in [0.1, 0.15) is 27.7 Å². The van der Waals surface area contributed by atoms with Crippen LogP contribution in [0.4, 0.5) is 0 Å². The molecule has 2 heterocycles. The van der Waals surface area contributed by atoms with Crippen molar-refractivity contribution in [2.24, 2.45) is 0 Å². The first-order valence-electron chi connectivity index (χ1n) is 6.17. The molecular weight excluding hydrogens is 242 g/mol. The molecule has 2 aromatic rings. The second-order valence-electron chi connectivity index (χ2n) is 4.73. The minimum absolute atomic E-state index is 0.159. The highest BCUT2D eigenvalue weighted by Crippen LogP contribution is 2.25. The van der Waals surface area contributed by atoms with Crippen molar-refractivity contribution < 1.29 is 4.79 Å². The van der Waals surface area contributed by atoms with Crippen LogP contribution in [0.5, 0.6) is 0 Å². The summed E-state index contributed by atoms with van der Waals surface area (Å²) in [5.41, 5.74) is 2.65. The summed E-state index contributed by atoms with van der Waals surface area (Å²) in [4.78, 5) is 15.2. The zero-order chi connectivity index (χ0) is 12.5. The summed E-state index contributed by atoms with van der Waals surface area (Å²) in [7, 11) is 0. The second kappa shape index (κ2) is 4.58. The van der Waals surface area contributed by atoms with E-state index in [1.807, 2.05) is 28.5 Å². The number of amides is 1. The van der Waals surface area contributed by atoms with E-state index in [9.17, 15) is 4.79 Å². The van der Waals surface area contributed by atoms with Gasteiger partial charge in [-0.25, -0.2) is 0 Å². The van der Waals surface area contributed by atoms with Crippen LogP contribution in [-0.4, -0.2) is 16.8 Å². The van der Waals surface area contributed by atoms with Gasteiger partial charge in [-0.1, -0.05) is 30.3 Å². The Kier molecular flexibility index (Phi) is 2.92. The fraction of sp³-hybridized carbons (Fsp3) is 0.267. The number of nitrogens with zero attached hydrogens (tertiary/aromatic N) is 1. The van der Waals surface area contributed by atoms with Crippen molar-refractivity contribution in [3.05, 3.63) is 57.8 Å². The highest BCUT2D eigenvalue weighted by atomic mass is 32.1. The van der Waals surface area contributed by atoms with Gasteiger partial charge >= 0.3 is 0 Å². The average molecular weight is 257 g/mol. The van der Waals surface area contributed by atoms with Gasteiger partial charge in [-0.3, -0.25) is 4.79 Å². The molecule has 3 heteroatoms. The van der Waals surface area contributed by atoms with Crippen molar-refractivity contribution in [2.75, 3.05) is 0 Å². The summed E-state index contributed by atoms with van der Waals surface area (Å²) in [5, 5.41) is 1.95. The monoisotopic (exact) mass is 257 g/mol. The van der Waals surface area contributed by atoms with Gasteiger partial charge in [0.2, 0.25) is 0 Å². The third-order valence-electron chi connectivity index (χ3n) is 3.50. The Bertz CT molecular complexity index is 562. The summed E-state index contributed by atoms with van der Waals surface area (Å²) in [5.74, 6) is 0.159. The molecule has 0 saturated carbocycles. The van der Waals surface area contributed by atoms with Gasteiger partial charge in [0.25, 0.3) is 5.91 Å². The van der Waals surface area contributed by atoms with E-state index in [1.165, 1.54) is 22.5 Å². The summed E-state index contributed by atoms with van der Waals surface area (Å²) in [6, 6.07) is 12.5. The van der Waals surface area contributed by atoms with Crippen molar-refractivity contribution in [1.29, 1.82) is 0 Å². The summed E-state index contributed by atoms with van der Waals surface area (Å²) in [6.07, 6.45) is 0.952. The first kappa shape index (κ1) is 11.5. The van der Waals surface area contributed by atoms with Crippen LogP contribution < -0.4 is 0 Å². The first-order chi connectivity index (χ1) is 8.75. The normalized spacial score (nSPS) is 18.5. The molecule has 0 N–H and O–H groups in total. The lowest BCUT2D eigenvalue weighted by atomic mass is 9.95. The number of benzene rings is 1. The fourth-order valence-electron chi connectivity index (χ4n) is 2.49. The number of thiophene rings is 1. The Morgan fingerprint density at radius 1 is 1.22 bits per heavy atom. The topological polar surface area (TPSA) is 20.3 Å². The van der Waals surface area contributed by atoms with E-state index >= 15 is 0 Å². The molecule has 0 bridgehead atoms. The lowest BCUT2D eigenvalue weighted by Crippen LogP contribution is -2.42. The molecule has 0 aliphatic carbocycles. The van der Waals surface area contributed by atoms with Gasteiger partial charge in [-0.2, -0.15) is 0 Å². The highest BCUT2D eigenvalue weighted by Gasteiger charge is 2.27. The quantitative estimate of drug-likeness (QED) is 0.767. The van der Waals surface area contributed by atoms with Crippen LogP contribution in [-0.2, 0) is 13.0 Å². The second-order valence-corrected chi connectivity index (χ2v) is 5.68. The molecule has 1 aliphatic rings. The van der Waals surface area contributed by atoms with Crippen LogP contribution in [0, 0.1) is 0 Å². The van der Waals surface area contributed by atoms with E-state index in [0.717, 1.165) is 17.8 Å². The zero-order valence-corrected chi connectivity index (χ0v) is 11.1. The van der Waals surface area contributed by atoms with Crippen LogP contribution >= 0.6 is 11.3 Å². The maximum absolute atomic E-state index is 12.4. The van der Waals surface area contributed by atoms with Gasteiger partial charge in [0.15, 0.2) is 0 Å². The summed E-state index contributed by atoms with van der Waals surface area (Å²) >= 11 is 1.52. The Labute approximate surface area is 111 Å². The Hall–Kier alpha value is -1.61. The third-order valence-corrected chi connectivity index (χ3v) is 4.36. The number of fused-ring (bicyclic) bond motifs is 1. The number of rotatable bonds is 1. The van der Waals surface area contributed by atoms with Crippen LogP contribution in [0.3, 0.4) is 0 Å². The number of hydrogen-bond donors (Lipinski definition) is 0. The van der Waals surface area contributed by atoms with E-state index in [4.69, 9.17) is 0 Å². The van der Waals surface area contributed by atoms with E-state index in [2.05, 4.69) is 25.1 Å². The molecule has 1 amide bonds. The SMILES string of the molecule is C[C@@H]1Cc2ccccc2CN1C(=O)c1cccs1. The molecule has 1 atom stereocenters. The van der Waals surface area contributed by atoms with Gasteiger partial charge in [-0.15, -0.1) is 11.3 Å². The minimum atomic E-state index is 0.159. The van der Waals surface area contributed by atoms with Gasteiger partial charge < -0.3 is 4.90 Å². The first-order valence-corrected chi connectivity index (χ1v) is 7.05. The van der Waals surface area contributed by atoms with Crippen molar-refractivity contribution in [3.63, 3.8) is 0 Å². The molecule has 3 rings (SSSR count). The van der Waals surface area contributed by atoms with E-state index in [1.54, 1.807) is 0 Å². The van der Waals surface area contributed by atoms with Crippen molar-refractivity contribution in [2.45, 2.75) is 25.9 Å². The van der Waals surface area contributed by atoms with E-state index < -0.39 is 0 Å². The third kappa shape index (κ3) is 1.95. The lowest BCUT2D eigenvalue weighted by Gasteiger charge is -2.34. The lowest BCUT2D eigenvalue weighted by molar-refractivity contribution is 0.0663. The maximum Gasteiger partial charge on any atom is 0.264 e. The standard InChI is InChI=1S/C15H15NOS/c1-11-9-12-5-2-3-6-13(12)10-16(11)15(17)14-7-4-8-18-14/h2-8,11H,9-10H2,1H3/t11-/m1/s1. The molecule has 18 heavy (non-hydrogen) atoms. The fourth-order valence-corrected chi connectivity index (χ4v) is 3.17. The average Bonchev–Trinajstić information content (AvgIpc) is 2.91. The van der Waals surface area contributed by atoms with Gasteiger partial charge in [0, 0.05) is 12.6 Å². The molecule has 1 aliphatic heterocycles. The van der Waals surface area contributed by atoms with Crippen molar-refractivity contribution >= 4 is 17.2 Å². The van der Waals surface area contributed by atoms with Crippen LogP contribution in [0.15, 0.2) is 41.8 Å². The molecule has 0 saturated heterocycles. The molecule has 1 aromatic carbocycles. The van der Waals surface area contributed by atoms with E-state index in [-0.39, 0.29) is 11.9 Å². The maximum atomic E-state index is 12.4. The van der Waals surface area contributed by atoms with Crippen molar-refractivity contribution in [3.8, 4) is 0 Å². The summed E-state index contributed by atoms with van der Waals surface area (Å²) < 4.78 is 0. The Morgan fingerprint density at radius 2 is 2.00 bits per heavy atom.